The first-order chi connectivity index (χ1) is 21.8. The number of hydrogen-bond donors (Lipinski definition) is 4. The summed E-state index contributed by atoms with van der Waals surface area (Å²) >= 11 is 0. The van der Waals surface area contributed by atoms with Crippen LogP contribution in [0.5, 0.6) is 0 Å². The smallest absolute Gasteiger partial charge is 0.322 e. The molecule has 0 bridgehead atoms. The molecule has 0 radical (unpaired) electrons. The number of fused-ring (bicyclic) bond motifs is 1. The van der Waals surface area contributed by atoms with Crippen molar-refractivity contribution < 1.29 is 28.5 Å². The Labute approximate surface area is 272 Å². The minimum absolute atomic E-state index is 0.292. The van der Waals surface area contributed by atoms with Crippen molar-refractivity contribution in [3.63, 3.8) is 0 Å². The third-order valence-corrected chi connectivity index (χ3v) is 9.97. The molecule has 4 rings (SSSR count). The molecule has 4 atom stereocenters. The maximum Gasteiger partial charge on any atom is 0.322 e. The number of carboxylic acid groups (broad SMARTS) is 1. The first-order valence-electron chi connectivity index (χ1n) is 15.9. The molecule has 0 aliphatic carbocycles. The van der Waals surface area contributed by atoms with Crippen LogP contribution in [0, 0.1) is 11.3 Å². The molecular formula is C33H46N6O6S. The summed E-state index contributed by atoms with van der Waals surface area (Å²) in [5, 5.41) is 17.3. The van der Waals surface area contributed by atoms with E-state index in [2.05, 4.69) is 23.0 Å². The van der Waals surface area contributed by atoms with E-state index < -0.39 is 52.3 Å². The number of nitrogens with one attached hydrogen (secondary N) is 3. The lowest BCUT2D eigenvalue weighted by atomic mass is 9.77. The number of nitrogens with zero attached hydrogens (tertiary/aromatic N) is 3. The molecule has 0 saturated carbocycles. The Morgan fingerprint density at radius 1 is 1.11 bits per heavy atom. The average molecular weight is 655 g/mol. The average Bonchev–Trinajstić information content (AvgIpc) is 3.05. The van der Waals surface area contributed by atoms with Crippen LogP contribution in [0.4, 0.5) is 0 Å². The van der Waals surface area contributed by atoms with Gasteiger partial charge in [0, 0.05) is 37.0 Å². The standard InChI is InChI=1S/C33H46N6O6S/c1-6-25-12-11-24-10-9-23(20-27(24)35-25)13-14-33(15-18-38(19-16-33)46(5)45)32(44)36-28(21(2)3)29(40)34-22(4)30(41)39-17-7-8-26(37-39)31(42)43/h9-14,20-22,26,28,37H,6-8,15-19H2,1-5H3,(H,34,40)(H,36,44)(H,42,43)/b14-13+. The maximum atomic E-state index is 14.1. The molecule has 2 fully saturated rings. The quantitative estimate of drug-likeness (QED) is 0.287. The Morgan fingerprint density at radius 3 is 2.43 bits per heavy atom. The van der Waals surface area contributed by atoms with Gasteiger partial charge >= 0.3 is 5.97 Å². The summed E-state index contributed by atoms with van der Waals surface area (Å²) in [6.07, 6.45) is 8.01. The second kappa shape index (κ2) is 15.3. The number of piperidine rings is 1. The van der Waals surface area contributed by atoms with Gasteiger partial charge in [0.1, 0.15) is 18.1 Å². The topological polar surface area (TPSA) is 161 Å². The molecule has 2 saturated heterocycles. The number of carbonyl (C=O) groups excluding carboxylic acids is 3. The summed E-state index contributed by atoms with van der Waals surface area (Å²) in [6.45, 7) is 8.46. The molecule has 3 heterocycles. The number of aliphatic carboxylic acids is 1. The zero-order chi connectivity index (χ0) is 33.6. The van der Waals surface area contributed by atoms with Gasteiger partial charge in [0.05, 0.1) is 21.9 Å². The van der Waals surface area contributed by atoms with Crippen LogP contribution in [0.1, 0.15) is 64.6 Å². The number of hydrazine groups is 1. The highest BCUT2D eigenvalue weighted by Gasteiger charge is 2.42. The van der Waals surface area contributed by atoms with Crippen molar-refractivity contribution in [1.29, 1.82) is 0 Å². The third-order valence-electron chi connectivity index (χ3n) is 8.88. The lowest BCUT2D eigenvalue weighted by molar-refractivity contribution is -0.148. The predicted octanol–water partition coefficient (Wildman–Crippen LogP) is 2.41. The van der Waals surface area contributed by atoms with E-state index in [0.29, 0.717) is 45.3 Å². The van der Waals surface area contributed by atoms with E-state index in [0.717, 1.165) is 28.6 Å². The summed E-state index contributed by atoms with van der Waals surface area (Å²) < 4.78 is 14.0. The number of carboxylic acids is 1. The normalized spacial score (nSPS) is 20.7. The lowest BCUT2D eigenvalue weighted by Gasteiger charge is -2.39. The van der Waals surface area contributed by atoms with Crippen LogP contribution in [0.3, 0.4) is 0 Å². The van der Waals surface area contributed by atoms with Gasteiger partial charge in [-0.1, -0.05) is 51.1 Å². The van der Waals surface area contributed by atoms with Gasteiger partial charge in [-0.2, -0.15) is 0 Å². The van der Waals surface area contributed by atoms with Crippen LogP contribution < -0.4 is 16.1 Å². The van der Waals surface area contributed by atoms with E-state index in [1.54, 1.807) is 6.26 Å². The maximum absolute atomic E-state index is 14.1. The lowest BCUT2D eigenvalue weighted by Crippen LogP contribution is -2.61. The van der Waals surface area contributed by atoms with Crippen LogP contribution in [0.15, 0.2) is 36.4 Å². The molecule has 2 aliphatic heterocycles. The van der Waals surface area contributed by atoms with Crippen LogP contribution in [0.2, 0.25) is 0 Å². The molecule has 4 unspecified atom stereocenters. The molecule has 0 spiro atoms. The van der Waals surface area contributed by atoms with Gasteiger partial charge in [0.25, 0.3) is 5.91 Å². The van der Waals surface area contributed by atoms with Gasteiger partial charge in [0.15, 0.2) is 0 Å². The monoisotopic (exact) mass is 654 g/mol. The van der Waals surface area contributed by atoms with Gasteiger partial charge in [-0.25, -0.2) is 13.9 Å². The Balaban J connectivity index is 1.52. The molecule has 13 heteroatoms. The van der Waals surface area contributed by atoms with Gasteiger partial charge in [-0.15, -0.1) is 0 Å². The molecule has 1 aromatic carbocycles. The van der Waals surface area contributed by atoms with E-state index in [4.69, 9.17) is 4.98 Å². The Hall–Kier alpha value is -3.68. The Morgan fingerprint density at radius 2 is 1.80 bits per heavy atom. The number of benzene rings is 1. The second-order valence-corrected chi connectivity index (χ2v) is 13.9. The zero-order valence-corrected chi connectivity index (χ0v) is 28.1. The first-order valence-corrected chi connectivity index (χ1v) is 17.4. The summed E-state index contributed by atoms with van der Waals surface area (Å²) in [7, 11) is -1.17. The van der Waals surface area contributed by atoms with E-state index in [1.165, 1.54) is 11.9 Å². The predicted molar refractivity (Wildman–Crippen MR) is 177 cm³/mol. The fraction of sp³-hybridized carbons (Fsp3) is 0.545. The highest BCUT2D eigenvalue weighted by molar-refractivity contribution is 7.81. The van der Waals surface area contributed by atoms with E-state index >= 15 is 0 Å². The fourth-order valence-electron chi connectivity index (χ4n) is 5.89. The summed E-state index contributed by atoms with van der Waals surface area (Å²) in [5.41, 5.74) is 4.52. The van der Waals surface area contributed by atoms with Gasteiger partial charge < -0.3 is 15.7 Å². The van der Waals surface area contributed by atoms with Crippen molar-refractivity contribution in [3.05, 3.63) is 47.7 Å². The van der Waals surface area contributed by atoms with Crippen LogP contribution in [0.25, 0.3) is 17.0 Å². The minimum Gasteiger partial charge on any atom is -0.480 e. The summed E-state index contributed by atoms with van der Waals surface area (Å²) in [5.74, 6) is -2.61. The largest absolute Gasteiger partial charge is 0.480 e. The molecule has 12 nitrogen and oxygen atoms in total. The molecule has 4 N–H and O–H groups in total. The highest BCUT2D eigenvalue weighted by Crippen LogP contribution is 2.35. The van der Waals surface area contributed by atoms with Crippen LogP contribution in [-0.2, 0) is 36.6 Å². The van der Waals surface area contributed by atoms with Crippen molar-refractivity contribution in [2.45, 2.75) is 77.9 Å². The molecule has 1 aromatic heterocycles. The minimum atomic E-state index is -1.17. The molecule has 46 heavy (non-hydrogen) atoms. The van der Waals surface area contributed by atoms with Crippen molar-refractivity contribution in [2.75, 3.05) is 25.9 Å². The van der Waals surface area contributed by atoms with Crippen molar-refractivity contribution in [1.82, 2.24) is 30.4 Å². The number of aromatic nitrogens is 1. The summed E-state index contributed by atoms with van der Waals surface area (Å²) in [6, 6.07) is 7.29. The number of pyridine rings is 1. The van der Waals surface area contributed by atoms with Gasteiger partial charge in [0.2, 0.25) is 11.8 Å². The Kier molecular flexibility index (Phi) is 11.7. The highest BCUT2D eigenvalue weighted by atomic mass is 32.2. The first kappa shape index (κ1) is 35.2. The SMILES string of the molecule is CCc1ccc2ccc(/C=C/C3(C(=O)NC(C(=O)NC(C)C(=O)N4CCCC(C(=O)O)N4)C(C)C)CCN(S(C)=O)CC3)cc2n1. The summed E-state index contributed by atoms with van der Waals surface area (Å²) in [4.78, 5) is 56.8. The van der Waals surface area contributed by atoms with E-state index in [1.807, 2.05) is 60.6 Å². The number of amides is 3. The molecule has 250 valence electrons. The zero-order valence-electron chi connectivity index (χ0n) is 27.2. The number of aryl methyl sites for hydroxylation is 1. The second-order valence-electron chi connectivity index (χ2n) is 12.5. The fourth-order valence-corrected chi connectivity index (χ4v) is 6.58. The van der Waals surface area contributed by atoms with Crippen molar-refractivity contribution in [2.24, 2.45) is 11.3 Å². The van der Waals surface area contributed by atoms with Crippen molar-refractivity contribution in [3.8, 4) is 0 Å². The van der Waals surface area contributed by atoms with Gasteiger partial charge in [-0.3, -0.25) is 29.2 Å². The molecule has 3 amide bonds. The van der Waals surface area contributed by atoms with Crippen LogP contribution in [-0.4, -0.2) is 91.3 Å². The third kappa shape index (κ3) is 8.37. The van der Waals surface area contributed by atoms with Gasteiger partial charge in [-0.05, 0) is 62.6 Å². The number of carbonyl (C=O) groups is 4. The van der Waals surface area contributed by atoms with E-state index in [9.17, 15) is 28.5 Å². The molecule has 2 aliphatic rings. The van der Waals surface area contributed by atoms with Crippen molar-refractivity contribution >= 4 is 51.7 Å². The molecular weight excluding hydrogens is 608 g/mol. The van der Waals surface area contributed by atoms with E-state index in [-0.39, 0.29) is 11.8 Å². The van der Waals surface area contributed by atoms with Crippen LogP contribution >= 0.6 is 0 Å². The molecule has 2 aromatic rings. The number of hydrogen-bond acceptors (Lipinski definition) is 7. The number of rotatable bonds is 11. The Bertz CT molecular complexity index is 1500.